The highest BCUT2D eigenvalue weighted by Crippen LogP contribution is 2.39. The number of imidazole rings is 1. The Morgan fingerprint density at radius 3 is 2.72 bits per heavy atom. The number of fused-ring (bicyclic) bond motifs is 1. The average Bonchev–Trinajstić information content (AvgIpc) is 3.43. The molecule has 5 aromatic rings. The van der Waals surface area contributed by atoms with Gasteiger partial charge in [-0.1, -0.05) is 12.1 Å². The summed E-state index contributed by atoms with van der Waals surface area (Å²) < 4.78 is 43.5. The third-order valence-corrected chi connectivity index (χ3v) is 6.26. The smallest absolute Gasteiger partial charge is 0.271 e. The van der Waals surface area contributed by atoms with E-state index in [4.69, 9.17) is 0 Å². The molecule has 6 rings (SSSR count). The zero-order valence-corrected chi connectivity index (χ0v) is 18.9. The third-order valence-electron chi connectivity index (χ3n) is 6.26. The van der Waals surface area contributed by atoms with Crippen molar-refractivity contribution in [2.24, 2.45) is 0 Å². The van der Waals surface area contributed by atoms with Gasteiger partial charge < -0.3 is 9.13 Å². The number of benzene rings is 1. The molecule has 0 amide bonds. The van der Waals surface area contributed by atoms with Gasteiger partial charge in [0.25, 0.3) is 12.0 Å². The van der Waals surface area contributed by atoms with Gasteiger partial charge in [-0.3, -0.25) is 9.36 Å². The molecule has 8 nitrogen and oxygen atoms in total. The highest BCUT2D eigenvalue weighted by atomic mass is 19.3. The molecule has 1 aliphatic carbocycles. The highest BCUT2D eigenvalue weighted by molar-refractivity contribution is 5.83. The van der Waals surface area contributed by atoms with Gasteiger partial charge in [0.15, 0.2) is 12.0 Å². The van der Waals surface area contributed by atoms with Crippen LogP contribution in [0.15, 0.2) is 72.3 Å². The summed E-state index contributed by atoms with van der Waals surface area (Å²) in [6, 6.07) is 12.4. The van der Waals surface area contributed by atoms with Gasteiger partial charge in [-0.05, 0) is 48.6 Å². The minimum absolute atomic E-state index is 0.128. The first-order chi connectivity index (χ1) is 17.5. The van der Waals surface area contributed by atoms with Crippen molar-refractivity contribution >= 4 is 10.8 Å². The number of pyridine rings is 2. The molecule has 36 heavy (non-hydrogen) atoms. The summed E-state index contributed by atoms with van der Waals surface area (Å²) in [6.45, 7) is -0.610. The molecule has 1 aromatic carbocycles. The molecule has 0 radical (unpaired) electrons. The van der Waals surface area contributed by atoms with Gasteiger partial charge >= 0.3 is 0 Å². The number of hydrogen-bond acceptors (Lipinski definition) is 5. The summed E-state index contributed by atoms with van der Waals surface area (Å²) in [6.07, 6.45) is 3.38. The molecule has 1 aliphatic rings. The van der Waals surface area contributed by atoms with Crippen molar-refractivity contribution in [2.45, 2.75) is 37.9 Å². The molecular weight excluding hydrogens is 471 g/mol. The molecule has 1 unspecified atom stereocenters. The monoisotopic (exact) mass is 491 g/mol. The van der Waals surface area contributed by atoms with Crippen molar-refractivity contribution in [3.05, 3.63) is 83.6 Å². The fraction of sp³-hybridized carbons (Fsp3) is 0.240. The van der Waals surface area contributed by atoms with E-state index in [1.54, 1.807) is 30.7 Å². The molecule has 1 fully saturated rings. The molecule has 0 aliphatic heterocycles. The van der Waals surface area contributed by atoms with Crippen LogP contribution >= 0.6 is 0 Å². The molecule has 0 saturated heterocycles. The lowest BCUT2D eigenvalue weighted by Gasteiger charge is -2.11. The van der Waals surface area contributed by atoms with Crippen molar-refractivity contribution in [3.63, 3.8) is 0 Å². The molecular formula is C25H20F3N7O. The van der Waals surface area contributed by atoms with E-state index in [1.807, 2.05) is 35.0 Å². The van der Waals surface area contributed by atoms with Gasteiger partial charge in [-0.25, -0.2) is 23.1 Å². The summed E-state index contributed by atoms with van der Waals surface area (Å²) in [5.41, 5.74) is 1.89. The maximum absolute atomic E-state index is 13.6. The van der Waals surface area contributed by atoms with E-state index in [-0.39, 0.29) is 17.1 Å². The van der Waals surface area contributed by atoms with E-state index in [0.29, 0.717) is 17.1 Å². The van der Waals surface area contributed by atoms with Crippen molar-refractivity contribution in [3.8, 4) is 23.0 Å². The predicted molar refractivity (Wildman–Crippen MR) is 126 cm³/mol. The van der Waals surface area contributed by atoms with Crippen LogP contribution < -0.4 is 5.56 Å². The second-order valence-corrected chi connectivity index (χ2v) is 8.78. The summed E-state index contributed by atoms with van der Waals surface area (Å²) >= 11 is 0. The lowest BCUT2D eigenvalue weighted by Crippen LogP contribution is -2.20. The minimum atomic E-state index is -3.12. The standard InChI is InChI=1S/C25H20F3N7O/c26-19(23(27)28)11-34-14-30-32-24(34)20-2-1-3-22(31-20)35-9-8-15-6-7-17(10-18(15)25(35)36)33-12-21(29-13-33)16-4-5-16/h1-3,6-10,12-14,16,19,23H,4-5,11H2. The Balaban J connectivity index is 1.37. The lowest BCUT2D eigenvalue weighted by atomic mass is 10.1. The van der Waals surface area contributed by atoms with Crippen molar-refractivity contribution in [1.29, 1.82) is 0 Å². The number of rotatable bonds is 7. The number of alkyl halides is 3. The van der Waals surface area contributed by atoms with Crippen molar-refractivity contribution < 1.29 is 13.2 Å². The Bertz CT molecular complexity index is 1620. The normalized spacial score (nSPS) is 14.6. The molecule has 1 atom stereocenters. The van der Waals surface area contributed by atoms with E-state index in [9.17, 15) is 18.0 Å². The minimum Gasteiger partial charge on any atom is -0.309 e. The Hall–Kier alpha value is -4.28. The molecule has 11 heteroatoms. The quantitative estimate of drug-likeness (QED) is 0.339. The average molecular weight is 491 g/mol. The van der Waals surface area contributed by atoms with Gasteiger partial charge in [0.1, 0.15) is 17.8 Å². The summed E-state index contributed by atoms with van der Waals surface area (Å²) in [7, 11) is 0. The third kappa shape index (κ3) is 4.06. The van der Waals surface area contributed by atoms with Gasteiger partial charge in [-0.2, -0.15) is 0 Å². The van der Waals surface area contributed by atoms with Crippen LogP contribution in [0.3, 0.4) is 0 Å². The molecule has 1 saturated carbocycles. The summed E-state index contributed by atoms with van der Waals surface area (Å²) in [5.74, 6) is 0.964. The Labute approximate surface area is 202 Å². The molecule has 0 N–H and O–H groups in total. The van der Waals surface area contributed by atoms with E-state index >= 15 is 0 Å². The molecule has 182 valence electrons. The van der Waals surface area contributed by atoms with E-state index in [2.05, 4.69) is 20.2 Å². The van der Waals surface area contributed by atoms with E-state index < -0.39 is 19.1 Å². The van der Waals surface area contributed by atoms with Crippen molar-refractivity contribution in [2.75, 3.05) is 0 Å². The van der Waals surface area contributed by atoms with Gasteiger partial charge in [0, 0.05) is 29.4 Å². The van der Waals surface area contributed by atoms with Crippen LogP contribution in [-0.4, -0.2) is 46.5 Å². The second-order valence-electron chi connectivity index (χ2n) is 8.78. The summed E-state index contributed by atoms with van der Waals surface area (Å²) in [5, 5.41) is 8.91. The maximum Gasteiger partial charge on any atom is 0.271 e. The summed E-state index contributed by atoms with van der Waals surface area (Å²) in [4.78, 5) is 22.4. The van der Waals surface area contributed by atoms with Crippen LogP contribution in [0.5, 0.6) is 0 Å². The highest BCUT2D eigenvalue weighted by Gasteiger charge is 2.26. The largest absolute Gasteiger partial charge is 0.309 e. The van der Waals surface area contributed by atoms with Crippen molar-refractivity contribution in [1.82, 2.24) is 33.9 Å². The second kappa shape index (κ2) is 8.74. The van der Waals surface area contributed by atoms with E-state index in [1.165, 1.54) is 15.5 Å². The number of nitrogens with zero attached hydrogens (tertiary/aromatic N) is 7. The fourth-order valence-electron chi connectivity index (χ4n) is 4.17. The van der Waals surface area contributed by atoms with Crippen LogP contribution in [0, 0.1) is 0 Å². The fourth-order valence-corrected chi connectivity index (χ4v) is 4.17. The number of halogens is 3. The molecule has 0 spiro atoms. The van der Waals surface area contributed by atoms with Gasteiger partial charge in [0.05, 0.1) is 18.6 Å². The zero-order valence-electron chi connectivity index (χ0n) is 18.9. The van der Waals surface area contributed by atoms with Crippen LogP contribution in [0.2, 0.25) is 0 Å². The number of aromatic nitrogens is 7. The first kappa shape index (κ1) is 22.2. The molecule has 4 aromatic heterocycles. The predicted octanol–water partition coefficient (Wildman–Crippen LogP) is 4.31. The maximum atomic E-state index is 13.6. The first-order valence-corrected chi connectivity index (χ1v) is 11.5. The zero-order chi connectivity index (χ0) is 24.8. The van der Waals surface area contributed by atoms with Crippen LogP contribution in [-0.2, 0) is 6.54 Å². The Kier molecular flexibility index (Phi) is 5.39. The first-order valence-electron chi connectivity index (χ1n) is 11.5. The van der Waals surface area contributed by atoms with Crippen LogP contribution in [0.4, 0.5) is 13.2 Å². The van der Waals surface area contributed by atoms with Gasteiger partial charge in [0.2, 0.25) is 0 Å². The topological polar surface area (TPSA) is 83.4 Å². The Morgan fingerprint density at radius 1 is 1.06 bits per heavy atom. The van der Waals surface area contributed by atoms with Crippen LogP contribution in [0.25, 0.3) is 33.8 Å². The van der Waals surface area contributed by atoms with E-state index in [0.717, 1.165) is 29.6 Å². The lowest BCUT2D eigenvalue weighted by molar-refractivity contribution is 0.0408. The number of hydrogen-bond donors (Lipinski definition) is 0. The van der Waals surface area contributed by atoms with Crippen LogP contribution in [0.1, 0.15) is 24.5 Å². The Morgan fingerprint density at radius 2 is 1.92 bits per heavy atom. The SMILES string of the molecule is O=c1c2cc(-n3cnc(C4CC4)c3)ccc2ccn1-c1cccc(-c2nncn2CC(F)C(F)F)n1. The molecule has 4 heterocycles. The van der Waals surface area contributed by atoms with Gasteiger partial charge in [-0.15, -0.1) is 10.2 Å². The molecule has 0 bridgehead atoms.